The summed E-state index contributed by atoms with van der Waals surface area (Å²) < 4.78 is 40.6. The number of hydrogen-bond acceptors (Lipinski definition) is 4. The van der Waals surface area contributed by atoms with Crippen molar-refractivity contribution >= 4 is 34.0 Å². The predicted octanol–water partition coefficient (Wildman–Crippen LogP) is 2.87. The number of carbonyl (C=O) groups is 1. The first-order chi connectivity index (χ1) is 12.9. The van der Waals surface area contributed by atoms with E-state index in [4.69, 9.17) is 0 Å². The Labute approximate surface area is 170 Å². The van der Waals surface area contributed by atoms with E-state index in [2.05, 4.69) is 10.0 Å². The van der Waals surface area contributed by atoms with Gasteiger partial charge in [-0.25, -0.2) is 12.8 Å². The van der Waals surface area contributed by atoms with E-state index >= 15 is 0 Å². The lowest BCUT2D eigenvalue weighted by atomic mass is 10.0. The van der Waals surface area contributed by atoms with E-state index < -0.39 is 15.8 Å². The molecule has 2 aromatic carbocycles. The van der Waals surface area contributed by atoms with Gasteiger partial charge in [0, 0.05) is 30.4 Å². The quantitative estimate of drug-likeness (QED) is 0.769. The van der Waals surface area contributed by atoms with Gasteiger partial charge in [0.25, 0.3) is 15.9 Å². The van der Waals surface area contributed by atoms with Crippen LogP contribution in [-0.2, 0) is 10.0 Å². The van der Waals surface area contributed by atoms with Crippen molar-refractivity contribution in [2.24, 2.45) is 0 Å². The van der Waals surface area contributed by atoms with Gasteiger partial charge in [-0.1, -0.05) is 6.07 Å². The van der Waals surface area contributed by atoms with Crippen LogP contribution in [-0.4, -0.2) is 45.4 Å². The maximum absolute atomic E-state index is 13.0. The highest BCUT2D eigenvalue weighted by Crippen LogP contribution is 2.20. The van der Waals surface area contributed by atoms with Crippen molar-refractivity contribution < 1.29 is 17.6 Å². The predicted molar refractivity (Wildman–Crippen MR) is 109 cm³/mol. The van der Waals surface area contributed by atoms with Crippen LogP contribution in [0, 0.1) is 5.82 Å². The average Bonchev–Trinajstić information content (AvgIpc) is 2.69. The summed E-state index contributed by atoms with van der Waals surface area (Å²) in [5, 5.41) is 3.18. The monoisotopic (exact) mass is 427 g/mol. The molecule has 0 aliphatic carbocycles. The maximum atomic E-state index is 13.0. The van der Waals surface area contributed by atoms with Gasteiger partial charge in [-0.05, 0) is 62.4 Å². The zero-order chi connectivity index (χ0) is 19.4. The first-order valence-electron chi connectivity index (χ1n) is 8.74. The van der Waals surface area contributed by atoms with Gasteiger partial charge in [0.2, 0.25) is 0 Å². The number of carbonyl (C=O) groups excluding carboxylic acids is 1. The molecule has 1 aliphatic heterocycles. The summed E-state index contributed by atoms with van der Waals surface area (Å²) >= 11 is 0. The van der Waals surface area contributed by atoms with E-state index in [9.17, 15) is 17.6 Å². The molecular weight excluding hydrogens is 405 g/mol. The number of benzene rings is 2. The number of anilines is 1. The number of piperidine rings is 1. The number of sulfonamides is 1. The van der Waals surface area contributed by atoms with Crippen molar-refractivity contribution in [1.82, 2.24) is 10.2 Å². The van der Waals surface area contributed by atoms with Crippen LogP contribution in [0.3, 0.4) is 0 Å². The molecule has 0 spiro atoms. The zero-order valence-electron chi connectivity index (χ0n) is 15.4. The van der Waals surface area contributed by atoms with Crippen LogP contribution in [0.4, 0.5) is 10.1 Å². The molecule has 9 heteroatoms. The van der Waals surface area contributed by atoms with Gasteiger partial charge in [-0.15, -0.1) is 12.4 Å². The highest BCUT2D eigenvalue weighted by molar-refractivity contribution is 7.92. The van der Waals surface area contributed by atoms with Crippen molar-refractivity contribution in [3.8, 4) is 0 Å². The molecule has 0 saturated carbocycles. The fraction of sp³-hybridized carbons (Fsp3) is 0.316. The Hall–Kier alpha value is -2.16. The SMILES string of the molecule is CNC1CCCN(C(=O)c2cccc(S(=O)(=O)Nc3ccc(F)cc3)c2)C1.Cl. The third kappa shape index (κ3) is 5.21. The summed E-state index contributed by atoms with van der Waals surface area (Å²) in [5.74, 6) is -0.638. The molecule has 1 aliphatic rings. The largest absolute Gasteiger partial charge is 0.337 e. The van der Waals surface area contributed by atoms with Crippen molar-refractivity contribution in [2.45, 2.75) is 23.8 Å². The third-order valence-electron chi connectivity index (χ3n) is 4.60. The number of halogens is 2. The van der Waals surface area contributed by atoms with Crippen molar-refractivity contribution in [1.29, 1.82) is 0 Å². The van der Waals surface area contributed by atoms with E-state index in [0.29, 0.717) is 18.7 Å². The molecule has 0 radical (unpaired) electrons. The van der Waals surface area contributed by atoms with Gasteiger partial charge in [-0.3, -0.25) is 9.52 Å². The molecule has 1 heterocycles. The second-order valence-electron chi connectivity index (χ2n) is 6.52. The number of nitrogens with zero attached hydrogens (tertiary/aromatic N) is 1. The van der Waals surface area contributed by atoms with Gasteiger partial charge in [0.15, 0.2) is 0 Å². The maximum Gasteiger partial charge on any atom is 0.261 e. The second-order valence-corrected chi connectivity index (χ2v) is 8.20. The lowest BCUT2D eigenvalue weighted by Crippen LogP contribution is -2.47. The lowest BCUT2D eigenvalue weighted by molar-refractivity contribution is 0.0698. The van der Waals surface area contributed by atoms with Crippen LogP contribution >= 0.6 is 12.4 Å². The molecule has 3 rings (SSSR count). The summed E-state index contributed by atoms with van der Waals surface area (Å²) in [6.07, 6.45) is 1.91. The number of nitrogens with one attached hydrogen (secondary N) is 2. The van der Waals surface area contributed by atoms with Crippen LogP contribution in [0.15, 0.2) is 53.4 Å². The summed E-state index contributed by atoms with van der Waals surface area (Å²) in [7, 11) is -2.02. The zero-order valence-corrected chi connectivity index (χ0v) is 17.0. The second kappa shape index (κ2) is 9.36. The average molecular weight is 428 g/mol. The topological polar surface area (TPSA) is 78.5 Å². The van der Waals surface area contributed by atoms with Crippen LogP contribution in [0.5, 0.6) is 0 Å². The molecule has 1 atom stereocenters. The Bertz CT molecular complexity index is 922. The number of hydrogen-bond donors (Lipinski definition) is 2. The Morgan fingerprint density at radius 1 is 1.18 bits per heavy atom. The van der Waals surface area contributed by atoms with E-state index in [1.807, 2.05) is 7.05 Å². The van der Waals surface area contributed by atoms with Gasteiger partial charge in [0.05, 0.1) is 4.90 Å². The number of amides is 1. The van der Waals surface area contributed by atoms with Gasteiger partial charge in [0.1, 0.15) is 5.82 Å². The minimum atomic E-state index is -3.88. The van der Waals surface area contributed by atoms with Crippen molar-refractivity contribution in [3.63, 3.8) is 0 Å². The smallest absolute Gasteiger partial charge is 0.261 e. The normalized spacial score (nSPS) is 16.9. The van der Waals surface area contributed by atoms with E-state index in [0.717, 1.165) is 12.8 Å². The Balaban J connectivity index is 0.00000280. The Morgan fingerprint density at radius 3 is 2.57 bits per heavy atom. The minimum absolute atomic E-state index is 0. The molecule has 0 bridgehead atoms. The van der Waals surface area contributed by atoms with Crippen LogP contribution in [0.25, 0.3) is 0 Å². The Kier molecular flexibility index (Phi) is 7.40. The van der Waals surface area contributed by atoms with E-state index in [1.165, 1.54) is 36.4 Å². The molecule has 1 saturated heterocycles. The van der Waals surface area contributed by atoms with E-state index in [-0.39, 0.29) is 34.9 Å². The highest BCUT2D eigenvalue weighted by atomic mass is 35.5. The first kappa shape index (κ1) is 22.1. The fourth-order valence-electron chi connectivity index (χ4n) is 3.11. The summed E-state index contributed by atoms with van der Waals surface area (Å²) in [5.41, 5.74) is 0.578. The molecule has 28 heavy (non-hydrogen) atoms. The van der Waals surface area contributed by atoms with Gasteiger partial charge < -0.3 is 10.2 Å². The van der Waals surface area contributed by atoms with Crippen molar-refractivity contribution in [2.75, 3.05) is 24.9 Å². The highest BCUT2D eigenvalue weighted by Gasteiger charge is 2.24. The number of likely N-dealkylation sites (tertiary alicyclic amines) is 1. The van der Waals surface area contributed by atoms with E-state index in [1.54, 1.807) is 17.0 Å². The molecule has 1 fully saturated rings. The molecule has 6 nitrogen and oxygen atoms in total. The molecule has 152 valence electrons. The summed E-state index contributed by atoms with van der Waals surface area (Å²) in [6.45, 7) is 1.25. The molecule has 1 amide bonds. The number of likely N-dealkylation sites (N-methyl/N-ethyl adjacent to an activating group) is 1. The summed E-state index contributed by atoms with van der Waals surface area (Å²) in [6, 6.07) is 11.2. The molecule has 0 aromatic heterocycles. The van der Waals surface area contributed by atoms with Gasteiger partial charge in [-0.2, -0.15) is 0 Å². The van der Waals surface area contributed by atoms with Gasteiger partial charge >= 0.3 is 0 Å². The first-order valence-corrected chi connectivity index (χ1v) is 10.2. The third-order valence-corrected chi connectivity index (χ3v) is 5.98. The molecule has 1 unspecified atom stereocenters. The minimum Gasteiger partial charge on any atom is -0.337 e. The fourth-order valence-corrected chi connectivity index (χ4v) is 4.21. The summed E-state index contributed by atoms with van der Waals surface area (Å²) in [4.78, 5) is 14.5. The lowest BCUT2D eigenvalue weighted by Gasteiger charge is -2.32. The standard InChI is InChI=1S/C19H22FN3O3S.ClH/c1-21-17-5-3-11-23(13-17)19(24)14-4-2-6-18(12-14)27(25,26)22-16-9-7-15(20)8-10-16;/h2,4,6-10,12,17,21-22H,3,5,11,13H2,1H3;1H. The number of rotatable bonds is 5. The molecule has 2 N–H and O–H groups in total. The van der Waals surface area contributed by atoms with Crippen LogP contribution in [0.2, 0.25) is 0 Å². The molecule has 2 aromatic rings. The molecular formula is C19H23ClFN3O3S. The van der Waals surface area contributed by atoms with Crippen LogP contribution in [0.1, 0.15) is 23.2 Å². The van der Waals surface area contributed by atoms with Crippen molar-refractivity contribution in [3.05, 3.63) is 59.9 Å². The Morgan fingerprint density at radius 2 is 1.89 bits per heavy atom. The van der Waals surface area contributed by atoms with Crippen LogP contribution < -0.4 is 10.0 Å².